The number of sulfonamides is 1. The highest BCUT2D eigenvalue weighted by atomic mass is 35.5. The van der Waals surface area contributed by atoms with Crippen molar-refractivity contribution in [1.29, 1.82) is 0 Å². The molecule has 2 N–H and O–H groups in total. The molecule has 1 fully saturated rings. The highest BCUT2D eigenvalue weighted by molar-refractivity contribution is 7.89. The second-order valence-corrected chi connectivity index (χ2v) is 11.0. The molecule has 3 aromatic carbocycles. The van der Waals surface area contributed by atoms with Gasteiger partial charge < -0.3 is 9.88 Å². The van der Waals surface area contributed by atoms with E-state index >= 15 is 0 Å². The van der Waals surface area contributed by atoms with Gasteiger partial charge in [-0.2, -0.15) is 0 Å². The van der Waals surface area contributed by atoms with Crippen LogP contribution < -0.4 is 9.62 Å². The Labute approximate surface area is 205 Å². The Hall–Kier alpha value is -2.58. The highest BCUT2D eigenvalue weighted by Gasteiger charge is 2.19. The molecule has 5 rings (SSSR count). The van der Waals surface area contributed by atoms with E-state index < -0.39 is 10.0 Å². The lowest BCUT2D eigenvalue weighted by Gasteiger charge is -2.36. The van der Waals surface area contributed by atoms with E-state index in [0.717, 1.165) is 56.3 Å². The third kappa shape index (κ3) is 5.08. The fraction of sp³-hybridized carbons (Fsp3) is 0.308. The Morgan fingerprint density at radius 1 is 0.912 bits per heavy atom. The van der Waals surface area contributed by atoms with Crippen molar-refractivity contribution in [2.45, 2.75) is 17.7 Å². The minimum atomic E-state index is -3.52. The van der Waals surface area contributed by atoms with Crippen LogP contribution in [0.1, 0.15) is 12.8 Å². The lowest BCUT2D eigenvalue weighted by atomic mass is 10.1. The molecule has 1 aromatic heterocycles. The molecular weight excluding hydrogens is 468 g/mol. The number of rotatable bonds is 8. The lowest BCUT2D eigenvalue weighted by molar-refractivity contribution is 0.253. The smallest absolute Gasteiger partial charge is 0.240 e. The normalized spacial score (nSPS) is 15.4. The van der Waals surface area contributed by atoms with Crippen molar-refractivity contribution in [1.82, 2.24) is 14.6 Å². The average Bonchev–Trinajstić information content (AvgIpc) is 3.33. The van der Waals surface area contributed by atoms with Crippen LogP contribution in [0.25, 0.3) is 21.7 Å². The van der Waals surface area contributed by atoms with Gasteiger partial charge in [-0.05, 0) is 72.6 Å². The molecule has 6 nitrogen and oxygen atoms in total. The molecule has 8 heteroatoms. The van der Waals surface area contributed by atoms with Gasteiger partial charge in [-0.25, -0.2) is 13.1 Å². The van der Waals surface area contributed by atoms with E-state index in [1.807, 2.05) is 18.3 Å². The number of fused-ring (bicyclic) bond motifs is 2. The van der Waals surface area contributed by atoms with Crippen LogP contribution in [0.4, 0.5) is 5.69 Å². The van der Waals surface area contributed by atoms with Crippen molar-refractivity contribution in [2.24, 2.45) is 0 Å². The molecule has 1 aliphatic rings. The first kappa shape index (κ1) is 23.2. The van der Waals surface area contributed by atoms with Crippen LogP contribution in [-0.2, 0) is 10.0 Å². The first-order valence-electron chi connectivity index (χ1n) is 11.7. The number of benzene rings is 3. The van der Waals surface area contributed by atoms with Gasteiger partial charge in [0.05, 0.1) is 4.90 Å². The molecule has 0 saturated carbocycles. The number of unbranched alkanes of at least 4 members (excludes halogenated alkanes) is 1. The maximum Gasteiger partial charge on any atom is 0.240 e. The fourth-order valence-corrected chi connectivity index (χ4v) is 5.96. The molecule has 0 spiro atoms. The maximum atomic E-state index is 12.7. The SMILES string of the molecule is O=S(=O)(NCCCCN1CCN(c2cccc3[nH]ccc23)CC1)c1ccc2cc(Cl)ccc2c1. The van der Waals surface area contributed by atoms with E-state index in [1.165, 1.54) is 16.6 Å². The fourth-order valence-electron chi connectivity index (χ4n) is 4.67. The Morgan fingerprint density at radius 2 is 1.71 bits per heavy atom. The van der Waals surface area contributed by atoms with Gasteiger partial charge in [-0.15, -0.1) is 0 Å². The molecule has 1 saturated heterocycles. The minimum Gasteiger partial charge on any atom is -0.368 e. The molecule has 4 aromatic rings. The first-order chi connectivity index (χ1) is 16.5. The van der Waals surface area contributed by atoms with Crippen LogP contribution >= 0.6 is 11.6 Å². The summed E-state index contributed by atoms with van der Waals surface area (Å²) in [5.74, 6) is 0. The number of hydrogen-bond acceptors (Lipinski definition) is 4. The number of hydrogen-bond donors (Lipinski definition) is 2. The molecule has 0 amide bonds. The number of aromatic amines is 1. The van der Waals surface area contributed by atoms with Crippen molar-refractivity contribution in [3.05, 3.63) is 71.9 Å². The van der Waals surface area contributed by atoms with Gasteiger partial charge in [0, 0.05) is 60.5 Å². The monoisotopic (exact) mass is 496 g/mol. The van der Waals surface area contributed by atoms with E-state index in [4.69, 9.17) is 11.6 Å². The Morgan fingerprint density at radius 3 is 2.56 bits per heavy atom. The van der Waals surface area contributed by atoms with E-state index in [2.05, 4.69) is 43.8 Å². The summed E-state index contributed by atoms with van der Waals surface area (Å²) in [6.45, 7) is 5.48. The standard InChI is InChI=1S/C26H29ClN4O2S/c27-22-8-6-21-19-23(9-7-20(21)18-22)34(32,33)29-11-1-2-13-30-14-16-31(17-15-30)26-5-3-4-25-24(26)10-12-28-25/h3-10,12,18-19,28-29H,1-2,11,13-17H2. The summed E-state index contributed by atoms with van der Waals surface area (Å²) in [5, 5.41) is 3.70. The van der Waals surface area contributed by atoms with Gasteiger partial charge >= 0.3 is 0 Å². The molecule has 0 unspecified atom stereocenters. The number of nitrogens with zero attached hydrogens (tertiary/aromatic N) is 2. The molecule has 178 valence electrons. The van der Waals surface area contributed by atoms with Gasteiger partial charge in [0.15, 0.2) is 0 Å². The first-order valence-corrected chi connectivity index (χ1v) is 13.6. The Kier molecular flexibility index (Phi) is 6.79. The Balaban J connectivity index is 1.07. The summed E-state index contributed by atoms with van der Waals surface area (Å²) in [7, 11) is -3.52. The lowest BCUT2D eigenvalue weighted by Crippen LogP contribution is -2.46. The van der Waals surface area contributed by atoms with Crippen LogP contribution in [-0.4, -0.2) is 57.6 Å². The summed E-state index contributed by atoms with van der Waals surface area (Å²) in [4.78, 5) is 8.50. The third-order valence-electron chi connectivity index (χ3n) is 6.56. The zero-order valence-corrected chi connectivity index (χ0v) is 20.6. The third-order valence-corrected chi connectivity index (χ3v) is 8.26. The van der Waals surface area contributed by atoms with Crippen LogP contribution in [0.2, 0.25) is 5.02 Å². The molecule has 0 atom stereocenters. The summed E-state index contributed by atoms with van der Waals surface area (Å²) in [5.41, 5.74) is 2.47. The number of aromatic nitrogens is 1. The number of anilines is 1. The van der Waals surface area contributed by atoms with Gasteiger partial charge in [0.25, 0.3) is 0 Å². The summed E-state index contributed by atoms with van der Waals surface area (Å²) >= 11 is 6.02. The Bertz CT molecular complexity index is 1390. The number of halogens is 1. The largest absolute Gasteiger partial charge is 0.368 e. The molecule has 34 heavy (non-hydrogen) atoms. The van der Waals surface area contributed by atoms with Crippen molar-refractivity contribution >= 4 is 49.0 Å². The summed E-state index contributed by atoms with van der Waals surface area (Å²) < 4.78 is 28.1. The predicted molar refractivity (Wildman–Crippen MR) is 140 cm³/mol. The predicted octanol–water partition coefficient (Wildman–Crippen LogP) is 4.86. The zero-order chi connectivity index (χ0) is 23.5. The van der Waals surface area contributed by atoms with E-state index in [-0.39, 0.29) is 4.90 Å². The quantitative estimate of drug-likeness (QED) is 0.342. The summed E-state index contributed by atoms with van der Waals surface area (Å²) in [6, 6.07) is 19.1. The van der Waals surface area contributed by atoms with Crippen LogP contribution in [0.15, 0.2) is 71.8 Å². The zero-order valence-electron chi connectivity index (χ0n) is 19.0. The van der Waals surface area contributed by atoms with Crippen molar-refractivity contribution < 1.29 is 8.42 Å². The van der Waals surface area contributed by atoms with E-state index in [0.29, 0.717) is 11.6 Å². The number of piperazine rings is 1. The molecular formula is C26H29ClN4O2S. The van der Waals surface area contributed by atoms with E-state index in [1.54, 1.807) is 24.3 Å². The number of H-pyrrole nitrogens is 1. The second-order valence-electron chi connectivity index (χ2n) is 8.80. The number of nitrogens with one attached hydrogen (secondary N) is 2. The minimum absolute atomic E-state index is 0.288. The maximum absolute atomic E-state index is 12.7. The van der Waals surface area contributed by atoms with Gasteiger partial charge in [0.1, 0.15) is 0 Å². The molecule has 2 heterocycles. The topological polar surface area (TPSA) is 68.4 Å². The highest BCUT2D eigenvalue weighted by Crippen LogP contribution is 2.27. The van der Waals surface area contributed by atoms with Crippen molar-refractivity contribution in [2.75, 3.05) is 44.2 Å². The van der Waals surface area contributed by atoms with Gasteiger partial charge in [-0.3, -0.25) is 4.90 Å². The van der Waals surface area contributed by atoms with Crippen molar-refractivity contribution in [3.8, 4) is 0 Å². The van der Waals surface area contributed by atoms with Gasteiger partial charge in [-0.1, -0.05) is 29.8 Å². The molecule has 0 bridgehead atoms. The van der Waals surface area contributed by atoms with Crippen LogP contribution in [0.5, 0.6) is 0 Å². The van der Waals surface area contributed by atoms with Gasteiger partial charge in [0.2, 0.25) is 10.0 Å². The molecule has 1 aliphatic heterocycles. The molecule has 0 radical (unpaired) electrons. The van der Waals surface area contributed by atoms with Crippen molar-refractivity contribution in [3.63, 3.8) is 0 Å². The van der Waals surface area contributed by atoms with E-state index in [9.17, 15) is 8.42 Å². The van der Waals surface area contributed by atoms with Crippen LogP contribution in [0.3, 0.4) is 0 Å². The average molecular weight is 497 g/mol. The summed E-state index contributed by atoms with van der Waals surface area (Å²) in [6.07, 6.45) is 3.77. The second kappa shape index (κ2) is 9.96. The van der Waals surface area contributed by atoms with Crippen LogP contribution in [0, 0.1) is 0 Å². The molecule has 0 aliphatic carbocycles.